The van der Waals surface area contributed by atoms with E-state index in [9.17, 15) is 4.79 Å². The standard InChI is InChI=1S/C9H16O2/c1-3-4-6-11-7-5-9(2)8-10/h8H,2-7H2,1H3. The number of carbonyl (C=O) groups is 1. The molecule has 0 amide bonds. The van der Waals surface area contributed by atoms with Gasteiger partial charge in [0.2, 0.25) is 0 Å². The van der Waals surface area contributed by atoms with E-state index in [4.69, 9.17) is 4.74 Å². The minimum atomic E-state index is 0.612. The van der Waals surface area contributed by atoms with Gasteiger partial charge in [0.1, 0.15) is 6.29 Å². The zero-order chi connectivity index (χ0) is 8.53. The largest absolute Gasteiger partial charge is 0.381 e. The molecule has 0 aliphatic heterocycles. The fraction of sp³-hybridized carbons (Fsp3) is 0.667. The number of hydrogen-bond acceptors (Lipinski definition) is 2. The Balaban J connectivity index is 3.01. The number of aldehydes is 1. The van der Waals surface area contributed by atoms with Gasteiger partial charge in [-0.15, -0.1) is 0 Å². The lowest BCUT2D eigenvalue weighted by Crippen LogP contribution is -1.97. The van der Waals surface area contributed by atoms with Gasteiger partial charge in [-0.25, -0.2) is 0 Å². The minimum absolute atomic E-state index is 0.612. The van der Waals surface area contributed by atoms with E-state index >= 15 is 0 Å². The van der Waals surface area contributed by atoms with Crippen LogP contribution in [0.3, 0.4) is 0 Å². The van der Waals surface area contributed by atoms with Crippen molar-refractivity contribution >= 4 is 6.29 Å². The third-order valence-electron chi connectivity index (χ3n) is 1.38. The van der Waals surface area contributed by atoms with Crippen molar-refractivity contribution in [2.75, 3.05) is 13.2 Å². The number of carbonyl (C=O) groups excluding carboxylic acids is 1. The Labute approximate surface area is 68.2 Å². The fourth-order valence-corrected chi connectivity index (χ4v) is 0.611. The maximum atomic E-state index is 10.1. The van der Waals surface area contributed by atoms with E-state index in [1.165, 1.54) is 0 Å². The summed E-state index contributed by atoms with van der Waals surface area (Å²) in [5, 5.41) is 0. The second kappa shape index (κ2) is 7.48. The lowest BCUT2D eigenvalue weighted by atomic mass is 10.2. The number of ether oxygens (including phenoxy) is 1. The molecule has 0 aromatic heterocycles. The highest BCUT2D eigenvalue weighted by Gasteiger charge is 1.91. The van der Waals surface area contributed by atoms with Crippen LogP contribution in [-0.4, -0.2) is 19.5 Å². The molecule has 0 aromatic carbocycles. The molecule has 0 bridgehead atoms. The van der Waals surface area contributed by atoms with Crippen molar-refractivity contribution in [1.82, 2.24) is 0 Å². The molecule has 0 atom stereocenters. The molecule has 2 nitrogen and oxygen atoms in total. The van der Waals surface area contributed by atoms with Crippen molar-refractivity contribution in [3.8, 4) is 0 Å². The summed E-state index contributed by atoms with van der Waals surface area (Å²) in [4.78, 5) is 10.1. The highest BCUT2D eigenvalue weighted by molar-refractivity contribution is 5.71. The molecule has 0 spiro atoms. The molecule has 0 fully saturated rings. The molecule has 11 heavy (non-hydrogen) atoms. The van der Waals surface area contributed by atoms with Crippen molar-refractivity contribution in [2.45, 2.75) is 26.2 Å². The third kappa shape index (κ3) is 7.26. The monoisotopic (exact) mass is 156 g/mol. The Bertz CT molecular complexity index is 119. The van der Waals surface area contributed by atoms with Crippen LogP contribution in [0.1, 0.15) is 26.2 Å². The van der Waals surface area contributed by atoms with Crippen LogP contribution in [0, 0.1) is 0 Å². The van der Waals surface area contributed by atoms with Crippen molar-refractivity contribution in [3.05, 3.63) is 12.2 Å². The van der Waals surface area contributed by atoms with Gasteiger partial charge in [-0.2, -0.15) is 0 Å². The van der Waals surface area contributed by atoms with Crippen LogP contribution in [0.5, 0.6) is 0 Å². The van der Waals surface area contributed by atoms with E-state index in [2.05, 4.69) is 13.5 Å². The van der Waals surface area contributed by atoms with E-state index in [1.807, 2.05) is 0 Å². The summed E-state index contributed by atoms with van der Waals surface area (Å²) < 4.78 is 5.23. The zero-order valence-electron chi connectivity index (χ0n) is 7.14. The lowest BCUT2D eigenvalue weighted by molar-refractivity contribution is -0.105. The van der Waals surface area contributed by atoms with Crippen LogP contribution in [0.25, 0.3) is 0 Å². The summed E-state index contributed by atoms with van der Waals surface area (Å²) in [5.74, 6) is 0. The van der Waals surface area contributed by atoms with E-state index in [1.54, 1.807) is 0 Å². The van der Waals surface area contributed by atoms with E-state index in [0.29, 0.717) is 18.6 Å². The number of rotatable bonds is 7. The second-order valence-electron chi connectivity index (χ2n) is 2.49. The molecule has 0 radical (unpaired) electrons. The first-order valence-corrected chi connectivity index (χ1v) is 4.02. The highest BCUT2D eigenvalue weighted by Crippen LogP contribution is 1.95. The molecule has 64 valence electrons. The Morgan fingerprint density at radius 2 is 2.27 bits per heavy atom. The molecule has 0 saturated carbocycles. The average molecular weight is 156 g/mol. The smallest absolute Gasteiger partial charge is 0.145 e. The number of hydrogen-bond donors (Lipinski definition) is 0. The molecule has 0 N–H and O–H groups in total. The average Bonchev–Trinajstić information content (AvgIpc) is 2.04. The lowest BCUT2D eigenvalue weighted by Gasteiger charge is -2.00. The van der Waals surface area contributed by atoms with Gasteiger partial charge in [-0.1, -0.05) is 19.9 Å². The molecule has 0 aromatic rings. The summed E-state index contributed by atoms with van der Waals surface area (Å²) in [6.45, 7) is 7.08. The third-order valence-corrected chi connectivity index (χ3v) is 1.38. The van der Waals surface area contributed by atoms with Crippen LogP contribution in [0.4, 0.5) is 0 Å². The van der Waals surface area contributed by atoms with Gasteiger partial charge in [-0.05, 0) is 18.4 Å². The van der Waals surface area contributed by atoms with Crippen LogP contribution in [0.2, 0.25) is 0 Å². The molecular formula is C9H16O2. The van der Waals surface area contributed by atoms with Crippen molar-refractivity contribution in [1.29, 1.82) is 0 Å². The van der Waals surface area contributed by atoms with Gasteiger partial charge in [0.05, 0.1) is 6.61 Å². The maximum Gasteiger partial charge on any atom is 0.145 e. The maximum absolute atomic E-state index is 10.1. The Kier molecular flexibility index (Phi) is 7.05. The quantitative estimate of drug-likeness (QED) is 0.320. The molecule has 0 unspecified atom stereocenters. The van der Waals surface area contributed by atoms with Gasteiger partial charge in [0.25, 0.3) is 0 Å². The molecule has 0 aliphatic carbocycles. The van der Waals surface area contributed by atoms with E-state index in [0.717, 1.165) is 25.7 Å². The summed E-state index contributed by atoms with van der Waals surface area (Å²) >= 11 is 0. The van der Waals surface area contributed by atoms with Gasteiger partial charge < -0.3 is 4.74 Å². The Morgan fingerprint density at radius 1 is 1.55 bits per heavy atom. The van der Waals surface area contributed by atoms with Crippen LogP contribution in [0.15, 0.2) is 12.2 Å². The Morgan fingerprint density at radius 3 is 2.82 bits per heavy atom. The molecular weight excluding hydrogens is 140 g/mol. The molecule has 0 rings (SSSR count). The van der Waals surface area contributed by atoms with E-state index < -0.39 is 0 Å². The number of unbranched alkanes of at least 4 members (excludes halogenated alkanes) is 1. The highest BCUT2D eigenvalue weighted by atomic mass is 16.5. The Hall–Kier alpha value is -0.630. The molecule has 0 aliphatic rings. The molecule has 0 saturated heterocycles. The summed E-state index contributed by atoms with van der Waals surface area (Å²) in [5.41, 5.74) is 0.612. The summed E-state index contributed by atoms with van der Waals surface area (Å²) in [7, 11) is 0. The normalized spacial score (nSPS) is 9.55. The zero-order valence-corrected chi connectivity index (χ0v) is 7.14. The molecule has 0 heterocycles. The van der Waals surface area contributed by atoms with Crippen LogP contribution in [-0.2, 0) is 9.53 Å². The predicted molar refractivity (Wildman–Crippen MR) is 45.5 cm³/mol. The van der Waals surface area contributed by atoms with Gasteiger partial charge in [0.15, 0.2) is 0 Å². The van der Waals surface area contributed by atoms with Gasteiger partial charge in [-0.3, -0.25) is 4.79 Å². The summed E-state index contributed by atoms with van der Waals surface area (Å²) in [6, 6.07) is 0. The van der Waals surface area contributed by atoms with Gasteiger partial charge >= 0.3 is 0 Å². The first-order chi connectivity index (χ1) is 5.31. The van der Waals surface area contributed by atoms with Gasteiger partial charge in [0, 0.05) is 6.61 Å². The second-order valence-corrected chi connectivity index (χ2v) is 2.49. The first kappa shape index (κ1) is 10.4. The fourth-order valence-electron chi connectivity index (χ4n) is 0.611. The predicted octanol–water partition coefficient (Wildman–Crippen LogP) is 1.95. The van der Waals surface area contributed by atoms with Crippen LogP contribution < -0.4 is 0 Å². The SMILES string of the molecule is C=C(C=O)CCOCCCC. The van der Waals surface area contributed by atoms with Crippen molar-refractivity contribution in [3.63, 3.8) is 0 Å². The van der Waals surface area contributed by atoms with E-state index in [-0.39, 0.29) is 0 Å². The van der Waals surface area contributed by atoms with Crippen molar-refractivity contribution < 1.29 is 9.53 Å². The molecule has 2 heteroatoms. The first-order valence-electron chi connectivity index (χ1n) is 4.02. The van der Waals surface area contributed by atoms with Crippen LogP contribution >= 0.6 is 0 Å². The minimum Gasteiger partial charge on any atom is -0.381 e. The van der Waals surface area contributed by atoms with Crippen molar-refractivity contribution in [2.24, 2.45) is 0 Å². The topological polar surface area (TPSA) is 26.3 Å². The summed E-state index contributed by atoms with van der Waals surface area (Å²) in [6.07, 6.45) is 3.68.